The van der Waals surface area contributed by atoms with E-state index in [2.05, 4.69) is 16.1 Å². The van der Waals surface area contributed by atoms with E-state index >= 15 is 0 Å². The molecule has 1 saturated heterocycles. The van der Waals surface area contributed by atoms with Crippen LogP contribution in [-0.4, -0.2) is 55.6 Å². The number of amides is 2. The van der Waals surface area contributed by atoms with Crippen LogP contribution in [0.25, 0.3) is 22.0 Å². The quantitative estimate of drug-likeness (QED) is 0.400. The molecule has 1 aliphatic heterocycles. The monoisotopic (exact) mass is 462 g/mol. The number of benzene rings is 2. The molecule has 1 aliphatic carbocycles. The second-order valence-electron chi connectivity index (χ2n) is 8.00. The molecule has 2 heterocycles. The Morgan fingerprint density at radius 2 is 1.82 bits per heavy atom. The Hall–Kier alpha value is -4.18. The molecule has 2 amide bonds. The van der Waals surface area contributed by atoms with Crippen LogP contribution in [0.2, 0.25) is 0 Å². The van der Waals surface area contributed by atoms with Crippen LogP contribution in [0.5, 0.6) is 11.5 Å². The summed E-state index contributed by atoms with van der Waals surface area (Å²) >= 11 is 0. The van der Waals surface area contributed by atoms with E-state index in [1.807, 2.05) is 0 Å². The van der Waals surface area contributed by atoms with Gasteiger partial charge in [0.1, 0.15) is 0 Å². The second-order valence-corrected chi connectivity index (χ2v) is 8.00. The number of aromatic nitrogens is 1. The number of nitrogens with zero attached hydrogens (tertiary/aromatic N) is 1. The van der Waals surface area contributed by atoms with Gasteiger partial charge in [0.05, 0.1) is 43.3 Å². The zero-order valence-electron chi connectivity index (χ0n) is 18.6. The molecule has 2 aromatic carbocycles. The number of rotatable bonds is 5. The Morgan fingerprint density at radius 1 is 1.06 bits per heavy atom. The van der Waals surface area contributed by atoms with Gasteiger partial charge < -0.3 is 20.1 Å². The summed E-state index contributed by atoms with van der Waals surface area (Å²) in [6.07, 6.45) is -0.185. The summed E-state index contributed by atoms with van der Waals surface area (Å²) in [5, 5.41) is 6.19. The van der Waals surface area contributed by atoms with Crippen LogP contribution in [0, 0.1) is 0 Å². The van der Waals surface area contributed by atoms with Gasteiger partial charge >= 0.3 is 0 Å². The molecule has 1 unspecified atom stereocenters. The van der Waals surface area contributed by atoms with Crippen molar-refractivity contribution in [3.63, 3.8) is 0 Å². The van der Waals surface area contributed by atoms with E-state index in [-0.39, 0.29) is 34.8 Å². The highest BCUT2D eigenvalue weighted by Crippen LogP contribution is 2.42. The standard InChI is InChI=1S/C24H22N4O6/c1-33-16-8-7-14-18-20(12-5-3-4-6-13(12)21(18)30)28(24(32)19(14)22(16)34-2)27-17(29)11-15-23(31)26-10-9-25-15/h3-8,15,25H,9-11H2,1-2H3,(H,26,31)(H,27,29). The van der Waals surface area contributed by atoms with E-state index < -0.39 is 17.5 Å². The molecule has 1 aromatic heterocycles. The van der Waals surface area contributed by atoms with E-state index in [0.717, 1.165) is 4.68 Å². The van der Waals surface area contributed by atoms with Crippen molar-refractivity contribution in [2.75, 3.05) is 32.7 Å². The van der Waals surface area contributed by atoms with Gasteiger partial charge in [-0.3, -0.25) is 24.6 Å². The van der Waals surface area contributed by atoms with Gasteiger partial charge in [-0.2, -0.15) is 0 Å². The summed E-state index contributed by atoms with van der Waals surface area (Å²) in [4.78, 5) is 52.2. The largest absolute Gasteiger partial charge is 0.493 e. The highest BCUT2D eigenvalue weighted by molar-refractivity contribution is 6.27. The van der Waals surface area contributed by atoms with Crippen LogP contribution in [0.3, 0.4) is 0 Å². The number of nitrogens with one attached hydrogen (secondary N) is 3. The maximum atomic E-state index is 13.8. The predicted octanol–water partition coefficient (Wildman–Crippen LogP) is 0.778. The maximum Gasteiger partial charge on any atom is 0.281 e. The molecule has 5 rings (SSSR count). The van der Waals surface area contributed by atoms with Crippen molar-refractivity contribution in [2.24, 2.45) is 0 Å². The van der Waals surface area contributed by atoms with Gasteiger partial charge in [0.25, 0.3) is 5.56 Å². The first kappa shape index (κ1) is 21.7. The fourth-order valence-electron chi connectivity index (χ4n) is 4.58. The second kappa shape index (κ2) is 8.31. The lowest BCUT2D eigenvalue weighted by Crippen LogP contribution is -2.54. The highest BCUT2D eigenvalue weighted by atomic mass is 16.5. The summed E-state index contributed by atoms with van der Waals surface area (Å²) in [5.74, 6) is -0.635. The third-order valence-corrected chi connectivity index (χ3v) is 6.10. The van der Waals surface area contributed by atoms with Gasteiger partial charge in [0, 0.05) is 29.6 Å². The Balaban J connectivity index is 1.72. The normalized spacial score (nSPS) is 16.6. The maximum absolute atomic E-state index is 13.8. The van der Waals surface area contributed by atoms with Crippen molar-refractivity contribution in [1.29, 1.82) is 0 Å². The Morgan fingerprint density at radius 3 is 2.53 bits per heavy atom. The van der Waals surface area contributed by atoms with Crippen molar-refractivity contribution in [3.8, 4) is 22.8 Å². The molecule has 0 bridgehead atoms. The van der Waals surface area contributed by atoms with E-state index in [0.29, 0.717) is 41.0 Å². The van der Waals surface area contributed by atoms with Crippen molar-refractivity contribution in [2.45, 2.75) is 12.5 Å². The molecular weight excluding hydrogens is 440 g/mol. The molecule has 10 nitrogen and oxygen atoms in total. The fraction of sp³-hybridized carbons (Fsp3) is 0.250. The predicted molar refractivity (Wildman–Crippen MR) is 124 cm³/mol. The highest BCUT2D eigenvalue weighted by Gasteiger charge is 2.35. The molecule has 174 valence electrons. The molecule has 0 spiro atoms. The van der Waals surface area contributed by atoms with Crippen molar-refractivity contribution in [3.05, 3.63) is 57.9 Å². The topological polar surface area (TPSA) is 128 Å². The van der Waals surface area contributed by atoms with Crippen LogP contribution >= 0.6 is 0 Å². The third-order valence-electron chi connectivity index (χ3n) is 6.10. The van der Waals surface area contributed by atoms with E-state index in [4.69, 9.17) is 9.47 Å². The van der Waals surface area contributed by atoms with E-state index in [9.17, 15) is 19.2 Å². The lowest BCUT2D eigenvalue weighted by atomic mass is 10.0. The lowest BCUT2D eigenvalue weighted by Gasteiger charge is -2.23. The zero-order chi connectivity index (χ0) is 24.0. The number of hydrogen-bond acceptors (Lipinski definition) is 7. The number of methoxy groups -OCH3 is 2. The van der Waals surface area contributed by atoms with Crippen LogP contribution < -0.4 is 31.1 Å². The van der Waals surface area contributed by atoms with Gasteiger partial charge in [0.2, 0.25) is 11.8 Å². The molecule has 34 heavy (non-hydrogen) atoms. The number of fused-ring (bicyclic) bond motifs is 5. The Bertz CT molecular complexity index is 1430. The first-order valence-electron chi connectivity index (χ1n) is 10.7. The van der Waals surface area contributed by atoms with Gasteiger partial charge in [-0.15, -0.1) is 0 Å². The number of ether oxygens (including phenoxy) is 2. The first-order valence-corrected chi connectivity index (χ1v) is 10.7. The minimum atomic E-state index is -0.721. The molecule has 2 aliphatic rings. The van der Waals surface area contributed by atoms with Crippen molar-refractivity contribution in [1.82, 2.24) is 15.3 Å². The molecule has 3 aromatic rings. The first-order chi connectivity index (χ1) is 16.5. The smallest absolute Gasteiger partial charge is 0.281 e. The van der Waals surface area contributed by atoms with E-state index in [1.54, 1.807) is 36.4 Å². The number of piperazine rings is 1. The lowest BCUT2D eigenvalue weighted by molar-refractivity contribution is -0.127. The van der Waals surface area contributed by atoms with Crippen molar-refractivity contribution < 1.29 is 23.9 Å². The Labute approximate surface area is 193 Å². The van der Waals surface area contributed by atoms with E-state index in [1.165, 1.54) is 14.2 Å². The molecule has 1 fully saturated rings. The van der Waals surface area contributed by atoms with Crippen LogP contribution in [-0.2, 0) is 9.59 Å². The molecular formula is C24H22N4O6. The zero-order valence-corrected chi connectivity index (χ0v) is 18.6. The average molecular weight is 462 g/mol. The summed E-state index contributed by atoms with van der Waals surface area (Å²) in [5.41, 5.74) is 3.57. The molecule has 0 radical (unpaired) electrons. The summed E-state index contributed by atoms with van der Waals surface area (Å²) in [7, 11) is 2.84. The summed E-state index contributed by atoms with van der Waals surface area (Å²) < 4.78 is 11.9. The number of hydrogen-bond donors (Lipinski definition) is 3. The van der Waals surface area contributed by atoms with Crippen LogP contribution in [0.15, 0.2) is 41.2 Å². The van der Waals surface area contributed by atoms with Crippen LogP contribution in [0.1, 0.15) is 22.3 Å². The average Bonchev–Trinajstić information content (AvgIpc) is 3.14. The van der Waals surface area contributed by atoms with Gasteiger partial charge in [-0.05, 0) is 12.1 Å². The number of carbonyl (C=O) groups excluding carboxylic acids is 3. The third kappa shape index (κ3) is 3.22. The fourth-order valence-corrected chi connectivity index (χ4v) is 4.58. The van der Waals surface area contributed by atoms with Crippen LogP contribution in [0.4, 0.5) is 0 Å². The van der Waals surface area contributed by atoms with Gasteiger partial charge in [-0.1, -0.05) is 24.3 Å². The number of carbonyl (C=O) groups is 3. The Kier molecular flexibility index (Phi) is 5.29. The van der Waals surface area contributed by atoms with Gasteiger partial charge in [-0.25, -0.2) is 4.68 Å². The summed E-state index contributed by atoms with van der Waals surface area (Å²) in [6.45, 7) is 1.02. The SMILES string of the molecule is COc1ccc2c3c(n(NC(=O)CC4NCCNC4=O)c(=O)c2c1OC)-c1ccccc1C3=O. The molecule has 1 atom stereocenters. The minimum absolute atomic E-state index is 0.107. The number of ketones is 1. The number of pyridine rings is 1. The molecule has 3 N–H and O–H groups in total. The molecule has 0 saturated carbocycles. The summed E-state index contributed by atoms with van der Waals surface area (Å²) in [6, 6.07) is 9.45. The van der Waals surface area contributed by atoms with Gasteiger partial charge in [0.15, 0.2) is 17.3 Å². The van der Waals surface area contributed by atoms with Crippen molar-refractivity contribution >= 4 is 28.4 Å². The minimum Gasteiger partial charge on any atom is -0.493 e. The molecule has 10 heteroatoms.